The SMILES string of the molecule is NC(=O)C1CN(c2ccnc3cc(Cl)ccc23)CCO1. The fourth-order valence-electron chi connectivity index (χ4n) is 2.42. The quantitative estimate of drug-likeness (QED) is 0.912. The lowest BCUT2D eigenvalue weighted by atomic mass is 10.1. The molecule has 6 heteroatoms. The van der Waals surface area contributed by atoms with Gasteiger partial charge in [0.05, 0.1) is 18.7 Å². The second kappa shape index (κ2) is 5.26. The number of carbonyl (C=O) groups excluding carboxylic acids is 1. The summed E-state index contributed by atoms with van der Waals surface area (Å²) in [6.45, 7) is 1.65. The third kappa shape index (κ3) is 2.42. The molecule has 1 aromatic carbocycles. The number of ether oxygens (including phenoxy) is 1. The summed E-state index contributed by atoms with van der Waals surface area (Å²) in [7, 11) is 0. The Hall–Kier alpha value is -1.85. The predicted octanol–water partition coefficient (Wildman–Crippen LogP) is 1.58. The van der Waals surface area contributed by atoms with E-state index in [9.17, 15) is 4.79 Å². The van der Waals surface area contributed by atoms with Crippen LogP contribution < -0.4 is 10.6 Å². The summed E-state index contributed by atoms with van der Waals surface area (Å²) >= 11 is 5.99. The number of hydrogen-bond acceptors (Lipinski definition) is 4. The number of amides is 1. The smallest absolute Gasteiger partial charge is 0.248 e. The molecule has 1 aliphatic rings. The average molecular weight is 292 g/mol. The van der Waals surface area contributed by atoms with Gasteiger partial charge in [0.2, 0.25) is 5.91 Å². The van der Waals surface area contributed by atoms with Gasteiger partial charge in [0, 0.05) is 28.8 Å². The number of benzene rings is 1. The van der Waals surface area contributed by atoms with E-state index in [1.165, 1.54) is 0 Å². The maximum Gasteiger partial charge on any atom is 0.248 e. The molecular weight excluding hydrogens is 278 g/mol. The summed E-state index contributed by atoms with van der Waals surface area (Å²) in [5.74, 6) is -0.434. The number of rotatable bonds is 2. The highest BCUT2D eigenvalue weighted by Crippen LogP contribution is 2.28. The van der Waals surface area contributed by atoms with Crippen molar-refractivity contribution in [2.75, 3.05) is 24.6 Å². The Kier molecular flexibility index (Phi) is 3.46. The number of pyridine rings is 1. The minimum Gasteiger partial charge on any atom is -0.367 e. The van der Waals surface area contributed by atoms with Crippen molar-refractivity contribution in [3.05, 3.63) is 35.5 Å². The highest BCUT2D eigenvalue weighted by atomic mass is 35.5. The number of fused-ring (bicyclic) bond motifs is 1. The van der Waals surface area contributed by atoms with E-state index in [-0.39, 0.29) is 0 Å². The Morgan fingerprint density at radius 3 is 3.10 bits per heavy atom. The lowest BCUT2D eigenvalue weighted by Gasteiger charge is -2.33. The molecule has 0 aliphatic carbocycles. The summed E-state index contributed by atoms with van der Waals surface area (Å²) in [6.07, 6.45) is 1.17. The molecule has 0 spiro atoms. The normalized spacial score (nSPS) is 19.2. The zero-order valence-corrected chi connectivity index (χ0v) is 11.5. The van der Waals surface area contributed by atoms with Crippen molar-refractivity contribution in [3.63, 3.8) is 0 Å². The number of nitrogens with zero attached hydrogens (tertiary/aromatic N) is 2. The van der Waals surface area contributed by atoms with Gasteiger partial charge >= 0.3 is 0 Å². The number of aromatic nitrogens is 1. The molecule has 20 heavy (non-hydrogen) atoms. The molecule has 3 rings (SSSR count). The van der Waals surface area contributed by atoms with Crippen molar-refractivity contribution < 1.29 is 9.53 Å². The molecule has 0 bridgehead atoms. The fourth-order valence-corrected chi connectivity index (χ4v) is 2.59. The van der Waals surface area contributed by atoms with Crippen LogP contribution in [-0.2, 0) is 9.53 Å². The van der Waals surface area contributed by atoms with Crippen molar-refractivity contribution >= 4 is 34.1 Å². The number of primary amides is 1. The minimum absolute atomic E-state index is 0.434. The van der Waals surface area contributed by atoms with Crippen LogP contribution in [0.15, 0.2) is 30.5 Å². The van der Waals surface area contributed by atoms with Gasteiger partial charge in [-0.05, 0) is 24.3 Å². The topological polar surface area (TPSA) is 68.5 Å². The van der Waals surface area contributed by atoms with E-state index >= 15 is 0 Å². The highest BCUT2D eigenvalue weighted by Gasteiger charge is 2.25. The summed E-state index contributed by atoms with van der Waals surface area (Å²) < 4.78 is 5.37. The fraction of sp³-hybridized carbons (Fsp3) is 0.286. The first-order valence-corrected chi connectivity index (χ1v) is 6.73. The lowest BCUT2D eigenvalue weighted by Crippen LogP contribution is -2.48. The van der Waals surface area contributed by atoms with Crippen LogP contribution in [0, 0.1) is 0 Å². The van der Waals surface area contributed by atoms with Crippen LogP contribution in [0.4, 0.5) is 5.69 Å². The highest BCUT2D eigenvalue weighted by molar-refractivity contribution is 6.31. The van der Waals surface area contributed by atoms with E-state index in [4.69, 9.17) is 22.1 Å². The van der Waals surface area contributed by atoms with Crippen LogP contribution in [-0.4, -0.2) is 36.7 Å². The molecule has 1 fully saturated rings. The largest absolute Gasteiger partial charge is 0.367 e. The average Bonchev–Trinajstić information content (AvgIpc) is 2.46. The zero-order chi connectivity index (χ0) is 14.1. The molecule has 1 aromatic heterocycles. The summed E-state index contributed by atoms with van der Waals surface area (Å²) in [5.41, 5.74) is 7.17. The van der Waals surface area contributed by atoms with Crippen molar-refractivity contribution in [2.45, 2.75) is 6.10 Å². The van der Waals surface area contributed by atoms with Crippen molar-refractivity contribution in [3.8, 4) is 0 Å². The first kappa shape index (κ1) is 13.1. The Morgan fingerprint density at radius 1 is 1.45 bits per heavy atom. The maximum atomic E-state index is 11.3. The number of hydrogen-bond donors (Lipinski definition) is 1. The lowest BCUT2D eigenvalue weighted by molar-refractivity contribution is -0.130. The van der Waals surface area contributed by atoms with Crippen LogP contribution in [0.1, 0.15) is 0 Å². The van der Waals surface area contributed by atoms with Gasteiger partial charge in [-0.1, -0.05) is 11.6 Å². The summed E-state index contributed by atoms with van der Waals surface area (Å²) in [5, 5.41) is 1.65. The molecule has 1 saturated heterocycles. The van der Waals surface area contributed by atoms with Gasteiger partial charge < -0.3 is 15.4 Å². The molecule has 2 aromatic rings. The first-order chi connectivity index (χ1) is 9.65. The summed E-state index contributed by atoms with van der Waals surface area (Å²) in [4.78, 5) is 17.7. The van der Waals surface area contributed by atoms with Crippen LogP contribution in [0.2, 0.25) is 5.02 Å². The zero-order valence-electron chi connectivity index (χ0n) is 10.8. The third-order valence-electron chi connectivity index (χ3n) is 3.41. The molecule has 0 saturated carbocycles. The Morgan fingerprint density at radius 2 is 2.30 bits per heavy atom. The molecule has 1 aliphatic heterocycles. The van der Waals surface area contributed by atoms with E-state index in [1.54, 1.807) is 6.20 Å². The second-order valence-electron chi connectivity index (χ2n) is 4.70. The molecule has 1 atom stereocenters. The second-order valence-corrected chi connectivity index (χ2v) is 5.14. The molecule has 2 N–H and O–H groups in total. The van der Waals surface area contributed by atoms with Crippen LogP contribution in [0.25, 0.3) is 10.9 Å². The van der Waals surface area contributed by atoms with E-state index in [0.29, 0.717) is 24.7 Å². The third-order valence-corrected chi connectivity index (χ3v) is 3.64. The van der Waals surface area contributed by atoms with Gasteiger partial charge in [-0.15, -0.1) is 0 Å². The molecular formula is C14H14ClN3O2. The standard InChI is InChI=1S/C14H14ClN3O2/c15-9-1-2-10-11(7-9)17-4-3-12(10)18-5-6-20-13(8-18)14(16)19/h1-4,7,13H,5-6,8H2,(H2,16,19). The molecule has 0 radical (unpaired) electrons. The maximum absolute atomic E-state index is 11.3. The monoisotopic (exact) mass is 291 g/mol. The Balaban J connectivity index is 1.99. The summed E-state index contributed by atoms with van der Waals surface area (Å²) in [6, 6.07) is 7.53. The molecule has 1 amide bonds. The Bertz CT molecular complexity index is 662. The van der Waals surface area contributed by atoms with Gasteiger partial charge in [-0.3, -0.25) is 9.78 Å². The van der Waals surface area contributed by atoms with Crippen LogP contribution in [0.3, 0.4) is 0 Å². The van der Waals surface area contributed by atoms with Gasteiger partial charge in [0.15, 0.2) is 6.10 Å². The Labute approximate surface area is 121 Å². The number of morpholine rings is 1. The van der Waals surface area contributed by atoms with E-state index in [0.717, 1.165) is 16.6 Å². The molecule has 2 heterocycles. The van der Waals surface area contributed by atoms with Crippen molar-refractivity contribution in [1.82, 2.24) is 4.98 Å². The van der Waals surface area contributed by atoms with Crippen LogP contribution in [0.5, 0.6) is 0 Å². The van der Waals surface area contributed by atoms with Gasteiger partial charge in [0.25, 0.3) is 0 Å². The number of nitrogens with two attached hydrogens (primary N) is 1. The van der Waals surface area contributed by atoms with Gasteiger partial charge in [0.1, 0.15) is 0 Å². The number of halogens is 1. The first-order valence-electron chi connectivity index (χ1n) is 6.35. The van der Waals surface area contributed by atoms with E-state index < -0.39 is 12.0 Å². The van der Waals surface area contributed by atoms with E-state index in [1.807, 2.05) is 24.3 Å². The number of anilines is 1. The van der Waals surface area contributed by atoms with Gasteiger partial charge in [-0.2, -0.15) is 0 Å². The molecule has 1 unspecified atom stereocenters. The van der Waals surface area contributed by atoms with E-state index in [2.05, 4.69) is 9.88 Å². The predicted molar refractivity (Wildman–Crippen MR) is 77.9 cm³/mol. The number of carbonyl (C=O) groups is 1. The van der Waals surface area contributed by atoms with Crippen LogP contribution >= 0.6 is 11.6 Å². The van der Waals surface area contributed by atoms with Gasteiger partial charge in [-0.25, -0.2) is 0 Å². The molecule has 104 valence electrons. The minimum atomic E-state index is -0.570. The molecule has 5 nitrogen and oxygen atoms in total. The van der Waals surface area contributed by atoms with Crippen molar-refractivity contribution in [2.24, 2.45) is 5.73 Å². The van der Waals surface area contributed by atoms with Crippen molar-refractivity contribution in [1.29, 1.82) is 0 Å².